The zero-order chi connectivity index (χ0) is 17.1. The van der Waals surface area contributed by atoms with E-state index < -0.39 is 0 Å². The molecular weight excluding hydrogens is 304 g/mol. The Hall–Kier alpha value is -2.56. The lowest BCUT2D eigenvalue weighted by Crippen LogP contribution is -2.24. The highest BCUT2D eigenvalue weighted by Crippen LogP contribution is 2.47. The Morgan fingerprint density at radius 2 is 2.04 bits per heavy atom. The van der Waals surface area contributed by atoms with E-state index in [2.05, 4.69) is 23.5 Å². The van der Waals surface area contributed by atoms with Gasteiger partial charge in [-0.25, -0.2) is 5.43 Å². The second-order valence-corrected chi connectivity index (χ2v) is 6.46. The van der Waals surface area contributed by atoms with E-state index in [-0.39, 0.29) is 12.5 Å². The first-order valence-electron chi connectivity index (χ1n) is 8.14. The van der Waals surface area contributed by atoms with Gasteiger partial charge < -0.3 is 9.15 Å². The maximum absolute atomic E-state index is 11.8. The lowest BCUT2D eigenvalue weighted by molar-refractivity contribution is -0.123. The lowest BCUT2D eigenvalue weighted by Gasteiger charge is -2.07. The van der Waals surface area contributed by atoms with Crippen LogP contribution >= 0.6 is 0 Å². The van der Waals surface area contributed by atoms with E-state index in [1.807, 2.05) is 38.1 Å². The summed E-state index contributed by atoms with van der Waals surface area (Å²) in [5.41, 5.74) is 4.64. The first kappa shape index (κ1) is 16.3. The average molecular weight is 326 g/mol. The molecule has 0 bridgehead atoms. The lowest BCUT2D eigenvalue weighted by atomic mass is 10.1. The Morgan fingerprint density at radius 3 is 2.71 bits per heavy atom. The van der Waals surface area contributed by atoms with Gasteiger partial charge in [-0.15, -0.1) is 0 Å². The van der Waals surface area contributed by atoms with E-state index in [1.54, 1.807) is 0 Å². The summed E-state index contributed by atoms with van der Waals surface area (Å²) < 4.78 is 11.2. The molecule has 0 radical (unpaired) electrons. The van der Waals surface area contributed by atoms with Crippen LogP contribution in [0.2, 0.25) is 0 Å². The minimum Gasteiger partial charge on any atom is -0.484 e. The normalized spacial score (nSPS) is 19.5. The van der Waals surface area contributed by atoms with Gasteiger partial charge in [0.15, 0.2) is 6.61 Å². The molecule has 1 aliphatic rings. The van der Waals surface area contributed by atoms with E-state index in [0.29, 0.717) is 23.3 Å². The summed E-state index contributed by atoms with van der Waals surface area (Å²) in [6.45, 7) is 6.11. The van der Waals surface area contributed by atoms with Crippen molar-refractivity contribution >= 4 is 12.1 Å². The van der Waals surface area contributed by atoms with Gasteiger partial charge in [0.1, 0.15) is 17.3 Å². The third-order valence-corrected chi connectivity index (χ3v) is 4.07. The van der Waals surface area contributed by atoms with Crippen LogP contribution in [0.4, 0.5) is 0 Å². The highest BCUT2D eigenvalue weighted by Gasteiger charge is 2.36. The number of hydrogen-bond donors (Lipinski definition) is 1. The van der Waals surface area contributed by atoms with Crippen molar-refractivity contribution in [2.24, 2.45) is 11.0 Å². The van der Waals surface area contributed by atoms with Crippen LogP contribution in [-0.2, 0) is 4.79 Å². The molecule has 1 aliphatic carbocycles. The molecule has 1 fully saturated rings. The number of hydrogen-bond acceptors (Lipinski definition) is 4. The molecule has 1 N–H and O–H groups in total. The number of aryl methyl sites for hydroxylation is 2. The van der Waals surface area contributed by atoms with Crippen LogP contribution < -0.4 is 10.2 Å². The summed E-state index contributed by atoms with van der Waals surface area (Å²) in [4.78, 5) is 11.8. The van der Waals surface area contributed by atoms with Gasteiger partial charge >= 0.3 is 0 Å². The molecule has 126 valence electrons. The maximum atomic E-state index is 11.8. The van der Waals surface area contributed by atoms with Crippen molar-refractivity contribution in [3.05, 3.63) is 53.0 Å². The summed E-state index contributed by atoms with van der Waals surface area (Å²) in [6.07, 6.45) is 2.68. The maximum Gasteiger partial charge on any atom is 0.277 e. The summed E-state index contributed by atoms with van der Waals surface area (Å²) in [7, 11) is 0. The molecule has 0 spiro atoms. The van der Waals surface area contributed by atoms with E-state index in [4.69, 9.17) is 9.15 Å². The highest BCUT2D eigenvalue weighted by molar-refractivity contribution is 5.81. The van der Waals surface area contributed by atoms with Gasteiger partial charge in [0.05, 0.1) is 6.21 Å². The monoisotopic (exact) mass is 326 g/mol. The highest BCUT2D eigenvalue weighted by atomic mass is 16.5. The van der Waals surface area contributed by atoms with Crippen molar-refractivity contribution in [1.82, 2.24) is 5.43 Å². The second kappa shape index (κ2) is 6.91. The third-order valence-electron chi connectivity index (χ3n) is 4.07. The molecule has 1 aromatic heterocycles. The van der Waals surface area contributed by atoms with E-state index in [0.717, 1.165) is 16.9 Å². The fraction of sp³-hybridized carbons (Fsp3) is 0.368. The zero-order valence-electron chi connectivity index (χ0n) is 14.2. The molecule has 5 heteroatoms. The minimum atomic E-state index is -0.312. The molecule has 2 aromatic rings. The van der Waals surface area contributed by atoms with E-state index in [9.17, 15) is 4.79 Å². The number of benzene rings is 1. The van der Waals surface area contributed by atoms with Gasteiger partial charge in [0.2, 0.25) is 0 Å². The van der Waals surface area contributed by atoms with Crippen LogP contribution in [0.5, 0.6) is 5.75 Å². The van der Waals surface area contributed by atoms with Gasteiger partial charge in [-0.2, -0.15) is 5.10 Å². The molecule has 5 nitrogen and oxygen atoms in total. The Morgan fingerprint density at radius 1 is 1.33 bits per heavy atom. The molecule has 0 saturated heterocycles. The van der Waals surface area contributed by atoms with Crippen molar-refractivity contribution in [2.75, 3.05) is 6.61 Å². The van der Waals surface area contributed by atoms with Crippen LogP contribution in [0, 0.1) is 19.8 Å². The number of nitrogens with zero attached hydrogens (tertiary/aromatic N) is 1. The molecule has 3 rings (SSSR count). The molecule has 0 aliphatic heterocycles. The van der Waals surface area contributed by atoms with Crippen LogP contribution in [0.15, 0.2) is 39.9 Å². The van der Waals surface area contributed by atoms with Crippen molar-refractivity contribution < 1.29 is 13.9 Å². The van der Waals surface area contributed by atoms with Crippen LogP contribution in [0.3, 0.4) is 0 Å². The van der Waals surface area contributed by atoms with Gasteiger partial charge in [0.25, 0.3) is 5.91 Å². The Bertz CT molecular complexity index is 743. The number of carbonyl (C=O) groups excluding carboxylic acids is 1. The predicted octanol–water partition coefficient (Wildman–Crippen LogP) is 3.55. The predicted molar refractivity (Wildman–Crippen MR) is 92.4 cm³/mol. The summed E-state index contributed by atoms with van der Waals surface area (Å²) in [6, 6.07) is 9.68. The quantitative estimate of drug-likeness (QED) is 0.652. The third kappa shape index (κ3) is 4.25. The van der Waals surface area contributed by atoms with Crippen molar-refractivity contribution in [3.8, 4) is 5.75 Å². The number of ether oxygens (including phenoxy) is 1. The number of hydrazone groups is 1. The second-order valence-electron chi connectivity index (χ2n) is 6.46. The molecule has 2 atom stereocenters. The van der Waals surface area contributed by atoms with E-state index >= 15 is 0 Å². The minimum absolute atomic E-state index is 0.0801. The van der Waals surface area contributed by atoms with Crippen LogP contribution in [-0.4, -0.2) is 18.7 Å². The molecule has 24 heavy (non-hydrogen) atoms. The zero-order valence-corrected chi connectivity index (χ0v) is 14.2. The molecule has 1 aromatic carbocycles. The molecule has 1 heterocycles. The summed E-state index contributed by atoms with van der Waals surface area (Å²) in [5, 5.41) is 3.90. The van der Waals surface area contributed by atoms with Gasteiger partial charge in [0, 0.05) is 5.92 Å². The smallest absolute Gasteiger partial charge is 0.277 e. The van der Waals surface area contributed by atoms with Gasteiger partial charge in [-0.3, -0.25) is 4.79 Å². The molecular formula is C19H22N2O3. The van der Waals surface area contributed by atoms with Gasteiger partial charge in [-0.1, -0.05) is 13.0 Å². The van der Waals surface area contributed by atoms with Crippen molar-refractivity contribution in [1.29, 1.82) is 0 Å². The molecule has 1 saturated carbocycles. The van der Waals surface area contributed by atoms with Crippen molar-refractivity contribution in [2.45, 2.75) is 33.1 Å². The van der Waals surface area contributed by atoms with Gasteiger partial charge in [-0.05, 0) is 61.6 Å². The number of nitrogens with one attached hydrogen (secondary N) is 1. The van der Waals surface area contributed by atoms with Crippen molar-refractivity contribution in [3.63, 3.8) is 0 Å². The first-order valence-corrected chi connectivity index (χ1v) is 8.14. The Balaban J connectivity index is 1.45. The molecule has 0 unspecified atom stereocenters. The standard InChI is InChI=1S/C19H22N2O3/c1-12-6-13(2)8-16(7-12)23-11-19(22)21-20-10-15-4-5-18(24-15)17-9-14(17)3/h4-8,10,14,17H,9,11H2,1-3H3,(H,21,22)/b20-10-/t14-,17+/m1/s1. The Labute approximate surface area is 141 Å². The Kier molecular flexibility index (Phi) is 4.69. The van der Waals surface area contributed by atoms with Crippen LogP contribution in [0.25, 0.3) is 0 Å². The summed E-state index contributed by atoms with van der Waals surface area (Å²) in [5.74, 6) is 3.23. The SMILES string of the molecule is Cc1cc(C)cc(OCC(=O)N/N=C\c2ccc([C@H]3C[C@H]3C)o2)c1. The summed E-state index contributed by atoms with van der Waals surface area (Å²) >= 11 is 0. The topological polar surface area (TPSA) is 63.8 Å². The fourth-order valence-corrected chi connectivity index (χ4v) is 2.72. The number of amides is 1. The van der Waals surface area contributed by atoms with Crippen LogP contribution in [0.1, 0.15) is 41.9 Å². The number of rotatable bonds is 6. The average Bonchev–Trinajstić information content (AvgIpc) is 3.06. The van der Waals surface area contributed by atoms with E-state index in [1.165, 1.54) is 12.6 Å². The largest absolute Gasteiger partial charge is 0.484 e. The molecule has 1 amide bonds. The number of furan rings is 1. The number of carbonyl (C=O) groups is 1. The fourth-order valence-electron chi connectivity index (χ4n) is 2.72. The first-order chi connectivity index (χ1) is 11.5.